The van der Waals surface area contributed by atoms with Gasteiger partial charge in [0.05, 0.1) is 0 Å². The third-order valence-electron chi connectivity index (χ3n) is 2.66. The van der Waals surface area contributed by atoms with Gasteiger partial charge in [0.1, 0.15) is 5.82 Å². The van der Waals surface area contributed by atoms with Crippen molar-refractivity contribution in [3.05, 3.63) is 46.5 Å². The normalized spacial score (nSPS) is 12.2. The first-order chi connectivity index (χ1) is 9.06. The fourth-order valence-corrected chi connectivity index (χ4v) is 1.99. The largest absolute Gasteiger partial charge is 0.346 e. The van der Waals surface area contributed by atoms with Crippen molar-refractivity contribution in [3.8, 4) is 0 Å². The lowest BCUT2D eigenvalue weighted by Gasteiger charge is -2.13. The molecule has 2 rings (SSSR count). The van der Waals surface area contributed by atoms with Crippen molar-refractivity contribution < 1.29 is 4.79 Å². The van der Waals surface area contributed by atoms with Gasteiger partial charge in [0.15, 0.2) is 0 Å². The number of carbonyl (C=O) groups is 1. The number of nitrogens with zero attached hydrogens (tertiary/aromatic N) is 2. The third kappa shape index (κ3) is 3.54. The van der Waals surface area contributed by atoms with Crippen LogP contribution in [0.4, 0.5) is 0 Å². The van der Waals surface area contributed by atoms with Crippen LogP contribution in [0.2, 0.25) is 5.02 Å². The summed E-state index contributed by atoms with van der Waals surface area (Å²) in [4.78, 5) is 15.8. The number of amides is 1. The van der Waals surface area contributed by atoms with E-state index in [0.29, 0.717) is 17.3 Å². The summed E-state index contributed by atoms with van der Waals surface area (Å²) in [5.41, 5.74) is 1.00. The molecule has 0 saturated carbocycles. The third-order valence-corrected chi connectivity index (χ3v) is 3.03. The molecule has 2 aromatic rings. The van der Waals surface area contributed by atoms with Gasteiger partial charge in [0.2, 0.25) is 5.82 Å². The molecule has 1 heterocycles. The Morgan fingerprint density at radius 2 is 2.21 bits per heavy atom. The predicted molar refractivity (Wildman–Crippen MR) is 73.2 cm³/mol. The van der Waals surface area contributed by atoms with Gasteiger partial charge in [-0.1, -0.05) is 29.8 Å². The number of halogens is 1. The number of benzene rings is 1. The fraction of sp³-hybridized carbons (Fsp3) is 0.308. The van der Waals surface area contributed by atoms with Crippen molar-refractivity contribution in [3.63, 3.8) is 0 Å². The van der Waals surface area contributed by atoms with Gasteiger partial charge in [0, 0.05) is 11.1 Å². The molecule has 0 aliphatic carbocycles. The summed E-state index contributed by atoms with van der Waals surface area (Å²) in [6.45, 7) is 3.66. The Morgan fingerprint density at radius 1 is 1.47 bits per heavy atom. The molecule has 0 saturated heterocycles. The molecule has 19 heavy (non-hydrogen) atoms. The van der Waals surface area contributed by atoms with Crippen molar-refractivity contribution in [2.45, 2.75) is 26.3 Å². The van der Waals surface area contributed by atoms with E-state index in [1.807, 2.05) is 31.2 Å². The minimum absolute atomic E-state index is 0.0498. The molecule has 5 nitrogen and oxygen atoms in total. The second-order valence-corrected chi connectivity index (χ2v) is 4.82. The number of carbonyl (C=O) groups excluding carboxylic acids is 1. The van der Waals surface area contributed by atoms with Crippen molar-refractivity contribution in [1.29, 1.82) is 0 Å². The number of aryl methyl sites for hydroxylation is 1. The van der Waals surface area contributed by atoms with Crippen LogP contribution in [0, 0.1) is 6.92 Å². The monoisotopic (exact) mass is 278 g/mol. The maximum atomic E-state index is 11.9. The highest BCUT2D eigenvalue weighted by molar-refractivity contribution is 6.31. The van der Waals surface area contributed by atoms with Crippen molar-refractivity contribution in [2.24, 2.45) is 0 Å². The number of nitrogens with one attached hydrogen (secondary N) is 2. The van der Waals surface area contributed by atoms with Crippen LogP contribution in [-0.2, 0) is 6.42 Å². The van der Waals surface area contributed by atoms with Crippen LogP contribution >= 0.6 is 11.6 Å². The predicted octanol–water partition coefficient (Wildman–Crippen LogP) is 2.13. The van der Waals surface area contributed by atoms with Gasteiger partial charge in [-0.15, -0.1) is 5.10 Å². The van der Waals surface area contributed by atoms with E-state index in [9.17, 15) is 4.79 Å². The molecule has 0 radical (unpaired) electrons. The Balaban J connectivity index is 1.96. The summed E-state index contributed by atoms with van der Waals surface area (Å²) in [6.07, 6.45) is 0.662. The molecule has 1 amide bonds. The minimum atomic E-state index is -0.288. The van der Waals surface area contributed by atoms with E-state index in [-0.39, 0.29) is 17.8 Å². The van der Waals surface area contributed by atoms with Gasteiger partial charge >= 0.3 is 0 Å². The average Bonchev–Trinajstić information content (AvgIpc) is 2.79. The highest BCUT2D eigenvalue weighted by Gasteiger charge is 2.14. The SMILES string of the molecule is Cc1nc(C(=O)NC(C)Cc2ccccc2Cl)n[nH]1. The van der Waals surface area contributed by atoms with Gasteiger partial charge < -0.3 is 5.32 Å². The van der Waals surface area contributed by atoms with Crippen molar-refractivity contribution in [1.82, 2.24) is 20.5 Å². The standard InChI is InChI=1S/C13H15ClN4O/c1-8(7-10-5-3-4-6-11(10)14)15-13(19)12-16-9(2)17-18-12/h3-6,8H,7H2,1-2H3,(H,15,19)(H,16,17,18). The Bertz CT molecular complexity index is 582. The van der Waals surface area contributed by atoms with Gasteiger partial charge in [-0.3, -0.25) is 9.89 Å². The van der Waals surface area contributed by atoms with Crippen LogP contribution in [0.5, 0.6) is 0 Å². The van der Waals surface area contributed by atoms with E-state index in [1.165, 1.54) is 0 Å². The second kappa shape index (κ2) is 5.84. The molecule has 100 valence electrons. The summed E-state index contributed by atoms with van der Waals surface area (Å²) in [5.74, 6) is 0.483. The smallest absolute Gasteiger partial charge is 0.291 e. The molecule has 1 aromatic heterocycles. The zero-order valence-electron chi connectivity index (χ0n) is 10.8. The second-order valence-electron chi connectivity index (χ2n) is 4.41. The van der Waals surface area contributed by atoms with Gasteiger partial charge in [-0.2, -0.15) is 0 Å². The van der Waals surface area contributed by atoms with E-state index < -0.39 is 0 Å². The minimum Gasteiger partial charge on any atom is -0.346 e. The molecule has 0 bridgehead atoms. The zero-order chi connectivity index (χ0) is 13.8. The van der Waals surface area contributed by atoms with E-state index >= 15 is 0 Å². The van der Waals surface area contributed by atoms with E-state index in [1.54, 1.807) is 6.92 Å². The molecule has 0 aliphatic rings. The fourth-order valence-electron chi connectivity index (χ4n) is 1.78. The molecule has 1 unspecified atom stereocenters. The van der Waals surface area contributed by atoms with Crippen molar-refractivity contribution in [2.75, 3.05) is 0 Å². The summed E-state index contributed by atoms with van der Waals surface area (Å²) in [5, 5.41) is 10.0. The first-order valence-corrected chi connectivity index (χ1v) is 6.37. The maximum Gasteiger partial charge on any atom is 0.291 e. The number of aromatic amines is 1. The summed E-state index contributed by atoms with van der Waals surface area (Å²) < 4.78 is 0. The number of aromatic nitrogens is 3. The molecular formula is C13H15ClN4O. The lowest BCUT2D eigenvalue weighted by atomic mass is 10.1. The summed E-state index contributed by atoms with van der Waals surface area (Å²) in [6, 6.07) is 7.54. The number of rotatable bonds is 4. The molecule has 0 spiro atoms. The molecule has 6 heteroatoms. The quantitative estimate of drug-likeness (QED) is 0.900. The van der Waals surface area contributed by atoms with E-state index in [2.05, 4.69) is 20.5 Å². The van der Waals surface area contributed by atoms with E-state index in [4.69, 9.17) is 11.6 Å². The number of hydrogen-bond acceptors (Lipinski definition) is 3. The molecule has 0 fully saturated rings. The van der Waals surface area contributed by atoms with Crippen LogP contribution in [0.25, 0.3) is 0 Å². The molecular weight excluding hydrogens is 264 g/mol. The Kier molecular flexibility index (Phi) is 4.16. The van der Waals surface area contributed by atoms with E-state index in [0.717, 1.165) is 5.56 Å². The highest BCUT2D eigenvalue weighted by atomic mass is 35.5. The first-order valence-electron chi connectivity index (χ1n) is 5.99. The number of H-pyrrole nitrogens is 1. The Hall–Kier alpha value is -1.88. The molecule has 0 aliphatic heterocycles. The van der Waals surface area contributed by atoms with Gasteiger partial charge in [-0.05, 0) is 31.9 Å². The number of hydrogen-bond donors (Lipinski definition) is 2. The first kappa shape index (κ1) is 13.5. The van der Waals surface area contributed by atoms with Crippen LogP contribution in [-0.4, -0.2) is 27.1 Å². The maximum absolute atomic E-state index is 11.9. The van der Waals surface area contributed by atoms with Crippen LogP contribution in [0.1, 0.15) is 28.9 Å². The Morgan fingerprint density at radius 3 is 2.84 bits per heavy atom. The summed E-state index contributed by atoms with van der Waals surface area (Å²) in [7, 11) is 0. The van der Waals surface area contributed by atoms with Gasteiger partial charge in [-0.25, -0.2) is 4.98 Å². The molecule has 2 N–H and O–H groups in total. The lowest BCUT2D eigenvalue weighted by molar-refractivity contribution is 0.0930. The van der Waals surface area contributed by atoms with Crippen LogP contribution in [0.15, 0.2) is 24.3 Å². The Labute approximate surface area is 116 Å². The van der Waals surface area contributed by atoms with Crippen molar-refractivity contribution >= 4 is 17.5 Å². The van der Waals surface area contributed by atoms with Crippen LogP contribution < -0.4 is 5.32 Å². The zero-order valence-corrected chi connectivity index (χ0v) is 11.5. The molecule has 1 aromatic carbocycles. The average molecular weight is 279 g/mol. The van der Waals surface area contributed by atoms with Gasteiger partial charge in [0.25, 0.3) is 5.91 Å². The molecule has 1 atom stereocenters. The highest BCUT2D eigenvalue weighted by Crippen LogP contribution is 2.16. The topological polar surface area (TPSA) is 70.7 Å². The van der Waals surface area contributed by atoms with Crippen LogP contribution in [0.3, 0.4) is 0 Å². The lowest BCUT2D eigenvalue weighted by Crippen LogP contribution is -2.34. The summed E-state index contributed by atoms with van der Waals surface area (Å²) >= 11 is 6.08.